The van der Waals surface area contributed by atoms with Gasteiger partial charge in [-0.3, -0.25) is 14.8 Å². The van der Waals surface area contributed by atoms with E-state index in [-0.39, 0.29) is 11.4 Å². The third kappa shape index (κ3) is 2.33. The van der Waals surface area contributed by atoms with E-state index in [0.29, 0.717) is 11.2 Å². The first kappa shape index (κ1) is 11.7. The van der Waals surface area contributed by atoms with Crippen LogP contribution in [0.15, 0.2) is 42.4 Å². The first-order chi connectivity index (χ1) is 8.72. The Bertz CT molecular complexity index is 665. The van der Waals surface area contributed by atoms with E-state index in [0.717, 1.165) is 5.52 Å². The van der Waals surface area contributed by atoms with Gasteiger partial charge in [-0.05, 0) is 19.1 Å². The summed E-state index contributed by atoms with van der Waals surface area (Å²) in [6, 6.07) is 7.31. The lowest BCUT2D eigenvalue weighted by Crippen LogP contribution is -1.99. The van der Waals surface area contributed by atoms with Crippen LogP contribution in [-0.4, -0.2) is 15.8 Å². The summed E-state index contributed by atoms with van der Waals surface area (Å²) >= 11 is 0. The molecule has 2 rings (SSSR count). The third-order valence-corrected chi connectivity index (χ3v) is 2.37. The van der Waals surface area contributed by atoms with E-state index >= 15 is 0 Å². The minimum Gasteiger partial charge on any atom is -0.358 e. The Morgan fingerprint density at radius 1 is 1.39 bits per heavy atom. The summed E-state index contributed by atoms with van der Waals surface area (Å²) in [5, 5.41) is 11.7. The van der Waals surface area contributed by atoms with Crippen LogP contribution in [0.2, 0.25) is 0 Å². The first-order valence-electron chi connectivity index (χ1n) is 5.30. The molecule has 0 unspecified atom stereocenters. The van der Waals surface area contributed by atoms with E-state index in [1.54, 1.807) is 12.4 Å². The van der Waals surface area contributed by atoms with Gasteiger partial charge in [-0.25, -0.2) is 0 Å². The topological polar surface area (TPSA) is 78.7 Å². The molecule has 5 nitrogen and oxygen atoms in total. The zero-order valence-corrected chi connectivity index (χ0v) is 9.71. The van der Waals surface area contributed by atoms with Crippen molar-refractivity contribution >= 4 is 22.5 Å². The maximum Gasteiger partial charge on any atom is 0.171 e. The summed E-state index contributed by atoms with van der Waals surface area (Å²) in [7, 11) is 0. The van der Waals surface area contributed by atoms with Gasteiger partial charge in [-0.1, -0.05) is 6.07 Å². The van der Waals surface area contributed by atoms with E-state index in [1.165, 1.54) is 13.1 Å². The van der Waals surface area contributed by atoms with Gasteiger partial charge >= 0.3 is 0 Å². The van der Waals surface area contributed by atoms with Gasteiger partial charge in [0.25, 0.3) is 0 Å². The molecule has 5 heteroatoms. The van der Waals surface area contributed by atoms with Crippen LogP contribution < -0.4 is 5.32 Å². The Kier molecular flexibility index (Phi) is 3.30. The van der Waals surface area contributed by atoms with E-state index < -0.39 is 0 Å². The molecule has 1 N–H and O–H groups in total. The monoisotopic (exact) mass is 238 g/mol. The summed E-state index contributed by atoms with van der Waals surface area (Å²) < 4.78 is 0. The lowest BCUT2D eigenvalue weighted by atomic mass is 10.2. The number of nitrogens with zero attached hydrogens (tertiary/aromatic N) is 3. The van der Waals surface area contributed by atoms with Crippen LogP contribution >= 0.6 is 0 Å². The fourth-order valence-electron chi connectivity index (χ4n) is 1.47. The molecule has 1 aromatic carbocycles. The average molecular weight is 238 g/mol. The number of Topliss-reactive ketones (excluding diaryl/α,β-unsaturated/α-hetero) is 1. The molecule has 1 heterocycles. The molecule has 88 valence electrons. The zero-order valence-electron chi connectivity index (χ0n) is 9.71. The number of rotatable bonds is 3. The minimum absolute atomic E-state index is 0.0656. The number of hydrogen-bond donors (Lipinski definition) is 1. The maximum atomic E-state index is 11.1. The quantitative estimate of drug-likeness (QED) is 0.653. The molecule has 1 aromatic heterocycles. The lowest BCUT2D eigenvalue weighted by Gasteiger charge is -2.04. The molecule has 0 bridgehead atoms. The smallest absolute Gasteiger partial charge is 0.171 e. The molecule has 0 aliphatic carbocycles. The minimum atomic E-state index is -0.281. The van der Waals surface area contributed by atoms with Gasteiger partial charge in [0.2, 0.25) is 0 Å². The summed E-state index contributed by atoms with van der Waals surface area (Å²) in [6.07, 6.45) is 4.58. The standard InChI is InChI=1S/C13H10N4O/c1-9(18)10(7-14)8-17-12-4-2-3-11-13(12)16-6-5-15-11/h2-6,8,17H,1H3/b10-8+. The van der Waals surface area contributed by atoms with E-state index in [1.807, 2.05) is 24.3 Å². The molecule has 0 aliphatic heterocycles. The Hall–Kier alpha value is -2.74. The summed E-state index contributed by atoms with van der Waals surface area (Å²) in [4.78, 5) is 19.5. The summed E-state index contributed by atoms with van der Waals surface area (Å²) in [6.45, 7) is 1.35. The Labute approximate surface area is 104 Å². The lowest BCUT2D eigenvalue weighted by molar-refractivity contribution is -0.113. The number of nitriles is 1. The number of carbonyl (C=O) groups is 1. The van der Waals surface area contributed by atoms with Crippen molar-refractivity contribution in [1.29, 1.82) is 5.26 Å². The predicted molar refractivity (Wildman–Crippen MR) is 67.5 cm³/mol. The fourth-order valence-corrected chi connectivity index (χ4v) is 1.47. The molecule has 0 spiro atoms. The van der Waals surface area contributed by atoms with E-state index in [2.05, 4.69) is 15.3 Å². The number of benzene rings is 1. The maximum absolute atomic E-state index is 11.1. The van der Waals surface area contributed by atoms with Crippen LogP contribution in [0, 0.1) is 11.3 Å². The SMILES string of the molecule is CC(=O)/C(C#N)=C/Nc1cccc2nccnc12. The second-order valence-electron chi connectivity index (χ2n) is 3.60. The molecule has 0 saturated heterocycles. The molecule has 18 heavy (non-hydrogen) atoms. The molecule has 0 aliphatic rings. The average Bonchev–Trinajstić information content (AvgIpc) is 2.39. The van der Waals surface area contributed by atoms with E-state index in [4.69, 9.17) is 5.26 Å². The predicted octanol–water partition coefficient (Wildman–Crippen LogP) is 2.04. The van der Waals surface area contributed by atoms with Crippen molar-refractivity contribution in [3.63, 3.8) is 0 Å². The molecule has 0 radical (unpaired) electrons. The Balaban J connectivity index is 2.39. The van der Waals surface area contributed by atoms with Crippen molar-refractivity contribution in [2.75, 3.05) is 5.32 Å². The van der Waals surface area contributed by atoms with Gasteiger partial charge in [0.1, 0.15) is 17.2 Å². The molecule has 0 fully saturated rings. The highest BCUT2D eigenvalue weighted by atomic mass is 16.1. The zero-order chi connectivity index (χ0) is 13.0. The molecule has 0 saturated carbocycles. The van der Waals surface area contributed by atoms with Crippen LogP contribution in [0.25, 0.3) is 11.0 Å². The number of para-hydroxylation sites is 1. The number of anilines is 1. The molecule has 2 aromatic rings. The number of fused-ring (bicyclic) bond motifs is 1. The number of hydrogen-bond acceptors (Lipinski definition) is 5. The number of allylic oxidation sites excluding steroid dienone is 1. The van der Waals surface area contributed by atoms with Crippen molar-refractivity contribution in [1.82, 2.24) is 9.97 Å². The second-order valence-corrected chi connectivity index (χ2v) is 3.60. The molecular formula is C13H10N4O. The van der Waals surface area contributed by atoms with Gasteiger partial charge in [-0.2, -0.15) is 5.26 Å². The van der Waals surface area contributed by atoms with Gasteiger partial charge in [0, 0.05) is 18.6 Å². The van der Waals surface area contributed by atoms with Crippen LogP contribution in [-0.2, 0) is 4.79 Å². The number of nitrogens with one attached hydrogen (secondary N) is 1. The highest BCUT2D eigenvalue weighted by Gasteiger charge is 2.04. The number of ketones is 1. The Morgan fingerprint density at radius 3 is 2.89 bits per heavy atom. The van der Waals surface area contributed by atoms with Gasteiger partial charge in [0.05, 0.1) is 11.2 Å². The van der Waals surface area contributed by atoms with Crippen molar-refractivity contribution in [3.05, 3.63) is 42.4 Å². The van der Waals surface area contributed by atoms with Crippen LogP contribution in [0.5, 0.6) is 0 Å². The largest absolute Gasteiger partial charge is 0.358 e. The molecular weight excluding hydrogens is 228 g/mol. The highest BCUT2D eigenvalue weighted by molar-refractivity contribution is 5.97. The van der Waals surface area contributed by atoms with Crippen molar-refractivity contribution < 1.29 is 4.79 Å². The molecule has 0 amide bonds. The third-order valence-electron chi connectivity index (χ3n) is 2.37. The number of aromatic nitrogens is 2. The number of carbonyl (C=O) groups excluding carboxylic acids is 1. The van der Waals surface area contributed by atoms with E-state index in [9.17, 15) is 4.79 Å². The van der Waals surface area contributed by atoms with Crippen LogP contribution in [0.1, 0.15) is 6.92 Å². The molecule has 0 atom stereocenters. The van der Waals surface area contributed by atoms with Crippen molar-refractivity contribution in [2.45, 2.75) is 6.92 Å². The van der Waals surface area contributed by atoms with Crippen LogP contribution in [0.3, 0.4) is 0 Å². The normalized spacial score (nSPS) is 11.0. The second kappa shape index (κ2) is 5.06. The highest BCUT2D eigenvalue weighted by Crippen LogP contribution is 2.19. The summed E-state index contributed by atoms with van der Waals surface area (Å²) in [5.41, 5.74) is 2.21. The van der Waals surface area contributed by atoms with Crippen LogP contribution in [0.4, 0.5) is 5.69 Å². The van der Waals surface area contributed by atoms with Gasteiger partial charge in [0.15, 0.2) is 5.78 Å². The summed E-state index contributed by atoms with van der Waals surface area (Å²) in [5.74, 6) is -0.281. The fraction of sp³-hybridized carbons (Fsp3) is 0.0769. The van der Waals surface area contributed by atoms with Gasteiger partial charge < -0.3 is 5.32 Å². The first-order valence-corrected chi connectivity index (χ1v) is 5.30. The van der Waals surface area contributed by atoms with Crippen molar-refractivity contribution in [2.24, 2.45) is 0 Å². The Morgan fingerprint density at radius 2 is 2.17 bits per heavy atom. The van der Waals surface area contributed by atoms with Gasteiger partial charge in [-0.15, -0.1) is 0 Å². The van der Waals surface area contributed by atoms with Crippen molar-refractivity contribution in [3.8, 4) is 6.07 Å².